The first-order chi connectivity index (χ1) is 9.39. The van der Waals surface area contributed by atoms with Gasteiger partial charge in [0.15, 0.2) is 0 Å². The van der Waals surface area contributed by atoms with E-state index in [1.807, 2.05) is 0 Å². The highest BCUT2D eigenvalue weighted by molar-refractivity contribution is 9.10. The molecule has 0 radical (unpaired) electrons. The summed E-state index contributed by atoms with van der Waals surface area (Å²) in [4.78, 5) is 12.0. The van der Waals surface area contributed by atoms with Crippen LogP contribution in [0.4, 0.5) is 4.39 Å². The average Bonchev–Trinajstić information content (AvgIpc) is 2.39. The number of amides is 1. The van der Waals surface area contributed by atoms with E-state index in [-0.39, 0.29) is 12.1 Å². The number of carbonyl (C=O) groups is 1. The zero-order valence-electron chi connectivity index (χ0n) is 11.5. The molecule has 0 saturated heterocycles. The summed E-state index contributed by atoms with van der Waals surface area (Å²) in [5, 5.41) is 13.1. The van der Waals surface area contributed by atoms with Gasteiger partial charge in [0.2, 0.25) is 0 Å². The van der Waals surface area contributed by atoms with Crippen LogP contribution in [0.2, 0.25) is 0 Å². The van der Waals surface area contributed by atoms with E-state index in [1.165, 1.54) is 12.1 Å². The van der Waals surface area contributed by atoms with Crippen molar-refractivity contribution in [2.24, 2.45) is 5.92 Å². The first-order valence-corrected chi connectivity index (χ1v) is 7.64. The lowest BCUT2D eigenvalue weighted by molar-refractivity contribution is -0.0109. The van der Waals surface area contributed by atoms with Gasteiger partial charge in [0.05, 0.1) is 11.2 Å². The normalized spacial score (nSPS) is 26.3. The van der Waals surface area contributed by atoms with E-state index >= 15 is 0 Å². The predicted molar refractivity (Wildman–Crippen MR) is 79.0 cm³/mol. The van der Waals surface area contributed by atoms with Crippen LogP contribution in [-0.2, 0) is 0 Å². The van der Waals surface area contributed by atoms with Gasteiger partial charge in [-0.15, -0.1) is 0 Å². The molecule has 2 rings (SSSR count). The quantitative estimate of drug-likeness (QED) is 0.884. The van der Waals surface area contributed by atoms with Gasteiger partial charge in [-0.3, -0.25) is 4.79 Å². The van der Waals surface area contributed by atoms with Crippen LogP contribution in [-0.4, -0.2) is 23.2 Å². The average molecular weight is 344 g/mol. The van der Waals surface area contributed by atoms with Crippen LogP contribution in [0.1, 0.15) is 43.0 Å². The Balaban J connectivity index is 1.99. The molecule has 1 amide bonds. The summed E-state index contributed by atoms with van der Waals surface area (Å²) in [6.45, 7) is 2.27. The number of benzene rings is 1. The summed E-state index contributed by atoms with van der Waals surface area (Å²) in [6.07, 6.45) is 3.42. The fourth-order valence-corrected chi connectivity index (χ4v) is 3.17. The van der Waals surface area contributed by atoms with E-state index < -0.39 is 17.3 Å². The first kappa shape index (κ1) is 15.4. The SMILES string of the molecule is CC1CCCC(O)(CNC(=O)c2cc(Br)ccc2F)C1. The van der Waals surface area contributed by atoms with Crippen molar-refractivity contribution in [3.05, 3.63) is 34.1 Å². The number of carbonyl (C=O) groups excluding carboxylic acids is 1. The van der Waals surface area contributed by atoms with Crippen molar-refractivity contribution < 1.29 is 14.3 Å². The van der Waals surface area contributed by atoms with Crippen molar-refractivity contribution in [1.82, 2.24) is 5.32 Å². The van der Waals surface area contributed by atoms with Gasteiger partial charge in [-0.05, 0) is 37.0 Å². The van der Waals surface area contributed by atoms with Crippen LogP contribution in [0.3, 0.4) is 0 Å². The predicted octanol–water partition coefficient (Wildman–Crippen LogP) is 3.26. The van der Waals surface area contributed by atoms with Crippen molar-refractivity contribution in [3.63, 3.8) is 0 Å². The maximum absolute atomic E-state index is 13.6. The van der Waals surface area contributed by atoms with Crippen molar-refractivity contribution >= 4 is 21.8 Å². The minimum atomic E-state index is -0.865. The molecule has 0 spiro atoms. The second-order valence-corrected chi connectivity index (χ2v) is 6.65. The maximum Gasteiger partial charge on any atom is 0.254 e. The largest absolute Gasteiger partial charge is 0.388 e. The van der Waals surface area contributed by atoms with Crippen LogP contribution in [0.25, 0.3) is 0 Å². The van der Waals surface area contributed by atoms with Gasteiger partial charge in [0.25, 0.3) is 5.91 Å². The molecule has 0 aliphatic heterocycles. The van der Waals surface area contributed by atoms with E-state index in [0.717, 1.165) is 12.8 Å². The Labute approximate surface area is 126 Å². The smallest absolute Gasteiger partial charge is 0.254 e. The van der Waals surface area contributed by atoms with Gasteiger partial charge in [-0.25, -0.2) is 4.39 Å². The van der Waals surface area contributed by atoms with Crippen molar-refractivity contribution in [2.75, 3.05) is 6.54 Å². The van der Waals surface area contributed by atoms with E-state index in [1.54, 1.807) is 6.07 Å². The maximum atomic E-state index is 13.6. The molecular formula is C15H19BrFNO2. The van der Waals surface area contributed by atoms with Crippen molar-refractivity contribution in [3.8, 4) is 0 Å². The molecule has 5 heteroatoms. The molecule has 1 aromatic rings. The molecule has 2 atom stereocenters. The van der Waals surface area contributed by atoms with Crippen LogP contribution in [0, 0.1) is 11.7 Å². The molecule has 0 bridgehead atoms. The molecule has 2 N–H and O–H groups in total. The second-order valence-electron chi connectivity index (χ2n) is 5.73. The number of nitrogens with one attached hydrogen (secondary N) is 1. The fourth-order valence-electron chi connectivity index (χ4n) is 2.80. The Bertz CT molecular complexity index is 509. The van der Waals surface area contributed by atoms with Crippen LogP contribution in [0.5, 0.6) is 0 Å². The van der Waals surface area contributed by atoms with E-state index in [4.69, 9.17) is 0 Å². The Hall–Kier alpha value is -0.940. The monoisotopic (exact) mass is 343 g/mol. The Kier molecular flexibility index (Phi) is 4.81. The number of aliphatic hydroxyl groups is 1. The molecular weight excluding hydrogens is 325 g/mol. The Morgan fingerprint density at radius 1 is 1.60 bits per heavy atom. The topological polar surface area (TPSA) is 49.3 Å². The molecule has 2 unspecified atom stereocenters. The first-order valence-electron chi connectivity index (χ1n) is 6.85. The zero-order valence-corrected chi connectivity index (χ0v) is 13.0. The zero-order chi connectivity index (χ0) is 14.8. The minimum Gasteiger partial charge on any atom is -0.388 e. The molecule has 3 nitrogen and oxygen atoms in total. The molecule has 1 fully saturated rings. The summed E-state index contributed by atoms with van der Waals surface area (Å²) in [5.74, 6) is -0.599. The van der Waals surface area contributed by atoms with Gasteiger partial charge in [0.1, 0.15) is 5.82 Å². The van der Waals surface area contributed by atoms with Crippen LogP contribution >= 0.6 is 15.9 Å². The van der Waals surface area contributed by atoms with E-state index in [9.17, 15) is 14.3 Å². The highest BCUT2D eigenvalue weighted by Crippen LogP contribution is 2.31. The number of rotatable bonds is 3. The summed E-state index contributed by atoms with van der Waals surface area (Å²) in [5.41, 5.74) is -0.873. The fraction of sp³-hybridized carbons (Fsp3) is 0.533. The summed E-state index contributed by atoms with van der Waals surface area (Å²) in [7, 11) is 0. The van der Waals surface area contributed by atoms with Crippen molar-refractivity contribution in [2.45, 2.75) is 38.2 Å². The molecule has 0 aromatic heterocycles. The highest BCUT2D eigenvalue weighted by atomic mass is 79.9. The second kappa shape index (κ2) is 6.22. The minimum absolute atomic E-state index is 0.00756. The molecule has 1 aliphatic carbocycles. The summed E-state index contributed by atoms with van der Waals surface area (Å²) < 4.78 is 14.2. The lowest BCUT2D eigenvalue weighted by Gasteiger charge is -2.35. The molecule has 0 heterocycles. The van der Waals surface area contributed by atoms with Crippen LogP contribution < -0.4 is 5.32 Å². The van der Waals surface area contributed by atoms with Gasteiger partial charge in [-0.2, -0.15) is 0 Å². The third-order valence-corrected chi connectivity index (χ3v) is 4.31. The number of hydrogen-bond acceptors (Lipinski definition) is 2. The number of halogens is 2. The Morgan fingerprint density at radius 3 is 3.05 bits per heavy atom. The van der Waals surface area contributed by atoms with Gasteiger partial charge in [-0.1, -0.05) is 35.7 Å². The summed E-state index contributed by atoms with van der Waals surface area (Å²) >= 11 is 3.21. The van der Waals surface area contributed by atoms with Crippen LogP contribution in [0.15, 0.2) is 22.7 Å². The Morgan fingerprint density at radius 2 is 2.35 bits per heavy atom. The molecule has 110 valence electrons. The molecule has 1 aliphatic rings. The van der Waals surface area contributed by atoms with Gasteiger partial charge < -0.3 is 10.4 Å². The highest BCUT2D eigenvalue weighted by Gasteiger charge is 2.33. The van der Waals surface area contributed by atoms with Crippen molar-refractivity contribution in [1.29, 1.82) is 0 Å². The molecule has 1 saturated carbocycles. The molecule has 1 aromatic carbocycles. The third-order valence-electron chi connectivity index (χ3n) is 3.82. The summed E-state index contributed by atoms with van der Waals surface area (Å²) in [6, 6.07) is 4.23. The molecule has 20 heavy (non-hydrogen) atoms. The lowest BCUT2D eigenvalue weighted by atomic mass is 9.79. The standard InChI is InChI=1S/C15H19BrFNO2/c1-10-3-2-6-15(20,8-10)9-18-14(19)12-7-11(16)4-5-13(12)17/h4-5,7,10,20H,2-3,6,8-9H2,1H3,(H,18,19). The number of hydrogen-bond donors (Lipinski definition) is 2. The van der Waals surface area contributed by atoms with Gasteiger partial charge in [0, 0.05) is 11.0 Å². The van der Waals surface area contributed by atoms with E-state index in [0.29, 0.717) is 23.2 Å². The van der Waals surface area contributed by atoms with E-state index in [2.05, 4.69) is 28.2 Å². The third kappa shape index (κ3) is 3.79. The van der Waals surface area contributed by atoms with Gasteiger partial charge >= 0.3 is 0 Å². The lowest BCUT2D eigenvalue weighted by Crippen LogP contribution is -2.45.